The summed E-state index contributed by atoms with van der Waals surface area (Å²) in [5.41, 5.74) is 1.74. The Labute approximate surface area is 156 Å². The van der Waals surface area contributed by atoms with Gasteiger partial charge in [0, 0.05) is 5.56 Å². The molecule has 0 aliphatic carbocycles. The lowest BCUT2D eigenvalue weighted by Gasteiger charge is -2.16. The van der Waals surface area contributed by atoms with E-state index in [0.717, 1.165) is 11.1 Å². The molecule has 0 aliphatic rings. The average molecular weight is 365 g/mol. The molecule has 3 aromatic rings. The Morgan fingerprint density at radius 2 is 1.85 bits per heavy atom. The highest BCUT2D eigenvalue weighted by molar-refractivity contribution is 5.88. The van der Waals surface area contributed by atoms with Crippen molar-refractivity contribution in [3.05, 3.63) is 66.6 Å². The second-order valence-corrected chi connectivity index (χ2v) is 5.98. The first kappa shape index (κ1) is 18.3. The van der Waals surface area contributed by atoms with Gasteiger partial charge in [-0.05, 0) is 43.2 Å². The van der Waals surface area contributed by atoms with Crippen LogP contribution in [0.15, 0.2) is 65.4 Å². The number of aromatic nitrogens is 2. The molecule has 7 nitrogen and oxygen atoms in total. The van der Waals surface area contributed by atoms with E-state index >= 15 is 0 Å². The van der Waals surface area contributed by atoms with Crippen LogP contribution < -0.4 is 10.1 Å². The summed E-state index contributed by atoms with van der Waals surface area (Å²) in [6.07, 6.45) is 1.70. The van der Waals surface area contributed by atoms with Crippen molar-refractivity contribution < 1.29 is 18.7 Å². The van der Waals surface area contributed by atoms with Gasteiger partial charge in [-0.1, -0.05) is 30.3 Å². The first-order valence-corrected chi connectivity index (χ1v) is 8.45. The van der Waals surface area contributed by atoms with Gasteiger partial charge >= 0.3 is 0 Å². The van der Waals surface area contributed by atoms with Crippen molar-refractivity contribution in [2.45, 2.75) is 19.4 Å². The fourth-order valence-corrected chi connectivity index (χ4v) is 2.52. The topological polar surface area (TPSA) is 94.3 Å². The molecule has 1 atom stereocenters. The van der Waals surface area contributed by atoms with Crippen LogP contribution in [0.4, 0.5) is 0 Å². The number of ether oxygens (including phenoxy) is 1. The number of hydrogen-bond acceptors (Lipinski definition) is 6. The summed E-state index contributed by atoms with van der Waals surface area (Å²) in [7, 11) is 0. The smallest absolute Gasteiger partial charge is 0.258 e. The van der Waals surface area contributed by atoms with E-state index in [1.807, 2.05) is 30.3 Å². The normalized spacial score (nSPS) is 11.6. The number of hydrogen-bond donors (Lipinski definition) is 1. The van der Waals surface area contributed by atoms with Gasteiger partial charge in [0.2, 0.25) is 12.3 Å². The van der Waals surface area contributed by atoms with Crippen LogP contribution in [0.2, 0.25) is 0 Å². The van der Waals surface area contributed by atoms with Gasteiger partial charge in [0.15, 0.2) is 12.4 Å². The molecule has 0 aliphatic heterocycles. The van der Waals surface area contributed by atoms with Gasteiger partial charge in [-0.2, -0.15) is 0 Å². The first-order valence-electron chi connectivity index (χ1n) is 8.45. The zero-order valence-corrected chi connectivity index (χ0v) is 14.8. The monoisotopic (exact) mass is 365 g/mol. The highest BCUT2D eigenvalue weighted by Gasteiger charge is 2.18. The predicted molar refractivity (Wildman–Crippen MR) is 98.0 cm³/mol. The molecule has 0 bridgehead atoms. The third-order valence-corrected chi connectivity index (χ3v) is 3.94. The number of nitrogens with zero attached hydrogens (tertiary/aromatic N) is 2. The second kappa shape index (κ2) is 8.75. The Morgan fingerprint density at radius 1 is 1.11 bits per heavy atom. The van der Waals surface area contributed by atoms with Crippen LogP contribution in [0.5, 0.6) is 5.75 Å². The predicted octanol–water partition coefficient (Wildman–Crippen LogP) is 2.43. The van der Waals surface area contributed by atoms with E-state index < -0.39 is 6.04 Å². The molecular weight excluding hydrogens is 346 g/mol. The Kier molecular flexibility index (Phi) is 5.94. The van der Waals surface area contributed by atoms with Crippen LogP contribution in [-0.4, -0.2) is 34.5 Å². The number of ketones is 1. The third kappa shape index (κ3) is 5.24. The quantitative estimate of drug-likeness (QED) is 0.659. The summed E-state index contributed by atoms with van der Waals surface area (Å²) in [4.78, 5) is 24.0. The molecule has 0 saturated carbocycles. The lowest BCUT2D eigenvalue weighted by Crippen LogP contribution is -2.43. The van der Waals surface area contributed by atoms with Gasteiger partial charge in [0.25, 0.3) is 5.91 Å². The minimum Gasteiger partial charge on any atom is -0.484 e. The molecule has 1 N–H and O–H groups in total. The van der Waals surface area contributed by atoms with Crippen molar-refractivity contribution in [1.29, 1.82) is 0 Å². The molecule has 0 radical (unpaired) electrons. The molecule has 138 valence electrons. The molecule has 1 aromatic heterocycles. The Balaban J connectivity index is 1.52. The summed E-state index contributed by atoms with van der Waals surface area (Å²) in [5.74, 6) is 0.476. The summed E-state index contributed by atoms with van der Waals surface area (Å²) in [6.45, 7) is 1.28. The van der Waals surface area contributed by atoms with Crippen LogP contribution in [0, 0.1) is 0 Å². The fourth-order valence-electron chi connectivity index (χ4n) is 2.52. The van der Waals surface area contributed by atoms with E-state index in [2.05, 4.69) is 15.5 Å². The standard InChI is InChI=1S/C20H19N3O4/c1-14(24)18(11-15-5-3-2-4-6-15)22-19(25)12-26-17-9-7-16(8-10-17)20-23-21-13-27-20/h2-10,13,18H,11-12H2,1H3,(H,22,25)/t18-/m1/s1. The van der Waals surface area contributed by atoms with Crippen molar-refractivity contribution in [3.63, 3.8) is 0 Å². The lowest BCUT2D eigenvalue weighted by molar-refractivity contribution is -0.128. The van der Waals surface area contributed by atoms with Gasteiger partial charge < -0.3 is 14.5 Å². The summed E-state index contributed by atoms with van der Waals surface area (Å²) in [6, 6.07) is 15.9. The van der Waals surface area contributed by atoms with Gasteiger partial charge in [-0.3, -0.25) is 9.59 Å². The van der Waals surface area contributed by atoms with E-state index in [9.17, 15) is 9.59 Å². The van der Waals surface area contributed by atoms with E-state index in [0.29, 0.717) is 18.1 Å². The maximum Gasteiger partial charge on any atom is 0.258 e. The fraction of sp³-hybridized carbons (Fsp3) is 0.200. The highest BCUT2D eigenvalue weighted by atomic mass is 16.5. The molecule has 2 aromatic carbocycles. The number of carbonyl (C=O) groups excluding carboxylic acids is 2. The molecule has 0 spiro atoms. The average Bonchev–Trinajstić information content (AvgIpc) is 3.22. The molecule has 7 heteroatoms. The van der Waals surface area contributed by atoms with Crippen LogP contribution >= 0.6 is 0 Å². The molecule has 0 unspecified atom stereocenters. The van der Waals surface area contributed by atoms with Crippen LogP contribution in [0.1, 0.15) is 12.5 Å². The van der Waals surface area contributed by atoms with E-state index in [1.165, 1.54) is 13.3 Å². The van der Waals surface area contributed by atoms with Gasteiger partial charge in [0.1, 0.15) is 5.75 Å². The van der Waals surface area contributed by atoms with Crippen LogP contribution in [0.25, 0.3) is 11.5 Å². The Hall–Kier alpha value is -3.48. The minimum atomic E-state index is -0.580. The first-order chi connectivity index (χ1) is 13.1. The number of benzene rings is 2. The lowest BCUT2D eigenvalue weighted by atomic mass is 10.0. The van der Waals surface area contributed by atoms with Crippen molar-refractivity contribution in [3.8, 4) is 17.2 Å². The van der Waals surface area contributed by atoms with Crippen molar-refractivity contribution >= 4 is 11.7 Å². The maximum atomic E-state index is 12.2. The Morgan fingerprint density at radius 3 is 2.48 bits per heavy atom. The number of rotatable bonds is 8. The zero-order valence-electron chi connectivity index (χ0n) is 14.8. The molecular formula is C20H19N3O4. The molecule has 0 fully saturated rings. The van der Waals surface area contributed by atoms with Crippen molar-refractivity contribution in [1.82, 2.24) is 15.5 Å². The van der Waals surface area contributed by atoms with Gasteiger partial charge in [0.05, 0.1) is 6.04 Å². The SMILES string of the molecule is CC(=O)[C@@H](Cc1ccccc1)NC(=O)COc1ccc(-c2nnco2)cc1. The van der Waals surface area contributed by atoms with E-state index in [-0.39, 0.29) is 18.3 Å². The molecule has 1 amide bonds. The maximum absolute atomic E-state index is 12.2. The second-order valence-electron chi connectivity index (χ2n) is 5.98. The van der Waals surface area contributed by atoms with Gasteiger partial charge in [-0.25, -0.2) is 0 Å². The zero-order chi connectivity index (χ0) is 19.1. The summed E-state index contributed by atoms with van der Waals surface area (Å²) in [5, 5.41) is 10.2. The van der Waals surface area contributed by atoms with E-state index in [1.54, 1.807) is 24.3 Å². The summed E-state index contributed by atoms with van der Waals surface area (Å²) >= 11 is 0. The van der Waals surface area contributed by atoms with E-state index in [4.69, 9.17) is 9.15 Å². The largest absolute Gasteiger partial charge is 0.484 e. The minimum absolute atomic E-state index is 0.101. The number of amides is 1. The van der Waals surface area contributed by atoms with Crippen LogP contribution in [0.3, 0.4) is 0 Å². The molecule has 1 heterocycles. The van der Waals surface area contributed by atoms with Crippen molar-refractivity contribution in [2.24, 2.45) is 0 Å². The molecule has 0 saturated heterocycles. The van der Waals surface area contributed by atoms with Gasteiger partial charge in [-0.15, -0.1) is 10.2 Å². The van der Waals surface area contributed by atoms with Crippen LogP contribution in [-0.2, 0) is 16.0 Å². The molecule has 27 heavy (non-hydrogen) atoms. The number of nitrogens with one attached hydrogen (secondary N) is 1. The molecule has 3 rings (SSSR count). The highest BCUT2D eigenvalue weighted by Crippen LogP contribution is 2.20. The number of Topliss-reactive ketones (excluding diaryl/α,β-unsaturated/α-hetero) is 1. The van der Waals surface area contributed by atoms with Crippen molar-refractivity contribution in [2.75, 3.05) is 6.61 Å². The number of carbonyl (C=O) groups is 2. The Bertz CT molecular complexity index is 877. The third-order valence-electron chi connectivity index (χ3n) is 3.94. The summed E-state index contributed by atoms with van der Waals surface area (Å²) < 4.78 is 10.6.